The largest absolute Gasteiger partial charge is 0.378 e. The molecular formula is C17H20N2O. The van der Waals surface area contributed by atoms with Crippen LogP contribution in [0.25, 0.3) is 0 Å². The summed E-state index contributed by atoms with van der Waals surface area (Å²) in [5, 5.41) is 3.40. The maximum Gasteiger partial charge on any atom is 0.162 e. The fourth-order valence-electron chi connectivity index (χ4n) is 2.09. The lowest BCUT2D eigenvalue weighted by atomic mass is 10.1. The van der Waals surface area contributed by atoms with Crippen LogP contribution in [0, 0.1) is 0 Å². The van der Waals surface area contributed by atoms with Crippen molar-refractivity contribution >= 4 is 11.5 Å². The second-order valence-corrected chi connectivity index (χ2v) is 4.90. The third-order valence-electron chi connectivity index (χ3n) is 3.25. The number of anilines is 1. The van der Waals surface area contributed by atoms with Crippen LogP contribution in [0.3, 0.4) is 0 Å². The Morgan fingerprint density at radius 2 is 2.00 bits per heavy atom. The number of pyridine rings is 1. The quantitative estimate of drug-likeness (QED) is 0.797. The van der Waals surface area contributed by atoms with Crippen LogP contribution in [0.1, 0.15) is 48.7 Å². The minimum atomic E-state index is 0.181. The van der Waals surface area contributed by atoms with Gasteiger partial charge in [-0.2, -0.15) is 0 Å². The summed E-state index contributed by atoms with van der Waals surface area (Å²) in [5.41, 5.74) is 2.93. The molecule has 1 heterocycles. The minimum Gasteiger partial charge on any atom is -0.378 e. The van der Waals surface area contributed by atoms with Crippen molar-refractivity contribution in [3.8, 4) is 0 Å². The lowest BCUT2D eigenvalue weighted by molar-refractivity contribution is 0.0982. The third-order valence-corrected chi connectivity index (χ3v) is 3.25. The zero-order valence-electron chi connectivity index (χ0n) is 12.0. The number of hydrogen-bond acceptors (Lipinski definition) is 3. The predicted octanol–water partition coefficient (Wildman–Crippen LogP) is 4.24. The number of aromatic nitrogens is 1. The van der Waals surface area contributed by atoms with E-state index in [1.54, 1.807) is 6.20 Å². The average Bonchev–Trinajstić information content (AvgIpc) is 2.49. The molecule has 0 radical (unpaired) electrons. The summed E-state index contributed by atoms with van der Waals surface area (Å²) in [4.78, 5) is 15.9. The predicted molar refractivity (Wildman–Crippen MR) is 82.0 cm³/mol. The molecular weight excluding hydrogens is 248 g/mol. The summed E-state index contributed by atoms with van der Waals surface area (Å²) in [6, 6.07) is 11.8. The van der Waals surface area contributed by atoms with E-state index in [4.69, 9.17) is 0 Å². The summed E-state index contributed by atoms with van der Waals surface area (Å²) in [6.07, 6.45) is 5.12. The van der Waals surface area contributed by atoms with Gasteiger partial charge in [-0.15, -0.1) is 0 Å². The maximum absolute atomic E-state index is 11.8. The fraction of sp³-hybridized carbons (Fsp3) is 0.294. The van der Waals surface area contributed by atoms with Crippen LogP contribution in [-0.4, -0.2) is 10.8 Å². The standard InChI is InChI=1S/C17H20N2O/c1-3-5-17(20)14-7-9-16(10-8-14)19-13(2)15-6-4-11-18-12-15/h4,6-13,19H,3,5H2,1-2H3. The molecule has 3 heteroatoms. The summed E-state index contributed by atoms with van der Waals surface area (Å²) < 4.78 is 0. The molecule has 104 valence electrons. The minimum absolute atomic E-state index is 0.181. The van der Waals surface area contributed by atoms with Crippen molar-refractivity contribution < 1.29 is 4.79 Å². The maximum atomic E-state index is 11.8. The highest BCUT2D eigenvalue weighted by Gasteiger charge is 2.07. The Balaban J connectivity index is 2.02. The van der Waals surface area contributed by atoms with Gasteiger partial charge in [0.2, 0.25) is 0 Å². The first kappa shape index (κ1) is 14.3. The molecule has 0 aliphatic carbocycles. The zero-order valence-corrected chi connectivity index (χ0v) is 12.0. The first-order valence-corrected chi connectivity index (χ1v) is 7.00. The van der Waals surface area contributed by atoms with E-state index in [-0.39, 0.29) is 11.8 Å². The Labute approximate surface area is 120 Å². The molecule has 2 rings (SSSR count). The summed E-state index contributed by atoms with van der Waals surface area (Å²) >= 11 is 0. The Morgan fingerprint density at radius 3 is 2.60 bits per heavy atom. The van der Waals surface area contributed by atoms with E-state index in [2.05, 4.69) is 17.2 Å². The van der Waals surface area contributed by atoms with Gasteiger partial charge in [0.15, 0.2) is 5.78 Å². The monoisotopic (exact) mass is 268 g/mol. The van der Waals surface area contributed by atoms with E-state index < -0.39 is 0 Å². The summed E-state index contributed by atoms with van der Waals surface area (Å²) in [6.45, 7) is 4.11. The Morgan fingerprint density at radius 1 is 1.25 bits per heavy atom. The van der Waals surface area contributed by atoms with Gasteiger partial charge in [-0.1, -0.05) is 13.0 Å². The molecule has 1 aromatic heterocycles. The Kier molecular flexibility index (Phi) is 4.88. The van der Waals surface area contributed by atoms with Crippen LogP contribution in [0.4, 0.5) is 5.69 Å². The van der Waals surface area contributed by atoms with Crippen LogP contribution >= 0.6 is 0 Å². The molecule has 1 N–H and O–H groups in total. The van der Waals surface area contributed by atoms with E-state index >= 15 is 0 Å². The number of nitrogens with zero attached hydrogens (tertiary/aromatic N) is 1. The smallest absolute Gasteiger partial charge is 0.162 e. The van der Waals surface area contributed by atoms with Gasteiger partial charge in [0.1, 0.15) is 0 Å². The van der Waals surface area contributed by atoms with Gasteiger partial charge in [-0.3, -0.25) is 9.78 Å². The number of benzene rings is 1. The molecule has 1 unspecified atom stereocenters. The van der Waals surface area contributed by atoms with E-state index in [9.17, 15) is 4.79 Å². The van der Waals surface area contributed by atoms with Gasteiger partial charge in [0, 0.05) is 30.1 Å². The van der Waals surface area contributed by atoms with Crippen LogP contribution in [0.15, 0.2) is 48.8 Å². The molecule has 0 saturated heterocycles. The molecule has 0 saturated carbocycles. The second kappa shape index (κ2) is 6.85. The van der Waals surface area contributed by atoms with E-state index in [1.165, 1.54) is 0 Å². The van der Waals surface area contributed by atoms with Gasteiger partial charge in [0.25, 0.3) is 0 Å². The Bertz CT molecular complexity index is 549. The van der Waals surface area contributed by atoms with Crippen LogP contribution in [-0.2, 0) is 0 Å². The van der Waals surface area contributed by atoms with Crippen molar-refractivity contribution in [3.05, 3.63) is 59.9 Å². The van der Waals surface area contributed by atoms with E-state index in [1.807, 2.05) is 49.5 Å². The highest BCUT2D eigenvalue weighted by atomic mass is 16.1. The second-order valence-electron chi connectivity index (χ2n) is 4.90. The highest BCUT2D eigenvalue weighted by molar-refractivity contribution is 5.96. The average molecular weight is 268 g/mol. The van der Waals surface area contributed by atoms with Crippen LogP contribution in [0.2, 0.25) is 0 Å². The van der Waals surface area contributed by atoms with Crippen LogP contribution < -0.4 is 5.32 Å². The van der Waals surface area contributed by atoms with Crippen molar-refractivity contribution in [1.29, 1.82) is 0 Å². The molecule has 1 aromatic carbocycles. The molecule has 0 aliphatic rings. The number of nitrogens with one attached hydrogen (secondary N) is 1. The molecule has 0 aliphatic heterocycles. The van der Waals surface area contributed by atoms with Crippen LogP contribution in [0.5, 0.6) is 0 Å². The van der Waals surface area contributed by atoms with Crippen molar-refractivity contribution in [1.82, 2.24) is 4.98 Å². The normalized spacial score (nSPS) is 11.9. The van der Waals surface area contributed by atoms with E-state index in [0.717, 1.165) is 23.2 Å². The SMILES string of the molecule is CCCC(=O)c1ccc(NC(C)c2cccnc2)cc1. The summed E-state index contributed by atoms with van der Waals surface area (Å²) in [5.74, 6) is 0.208. The summed E-state index contributed by atoms with van der Waals surface area (Å²) in [7, 11) is 0. The Hall–Kier alpha value is -2.16. The van der Waals surface area contributed by atoms with Crippen molar-refractivity contribution in [3.63, 3.8) is 0 Å². The highest BCUT2D eigenvalue weighted by Crippen LogP contribution is 2.19. The molecule has 0 spiro atoms. The van der Waals surface area contributed by atoms with E-state index in [0.29, 0.717) is 6.42 Å². The lowest BCUT2D eigenvalue weighted by Gasteiger charge is -2.15. The molecule has 1 atom stereocenters. The third kappa shape index (κ3) is 3.67. The van der Waals surface area contributed by atoms with Crippen molar-refractivity contribution in [2.75, 3.05) is 5.32 Å². The lowest BCUT2D eigenvalue weighted by Crippen LogP contribution is -2.07. The molecule has 20 heavy (non-hydrogen) atoms. The molecule has 0 bridgehead atoms. The fourth-order valence-corrected chi connectivity index (χ4v) is 2.09. The molecule has 3 nitrogen and oxygen atoms in total. The van der Waals surface area contributed by atoms with Gasteiger partial charge in [-0.25, -0.2) is 0 Å². The van der Waals surface area contributed by atoms with Crippen molar-refractivity contribution in [2.24, 2.45) is 0 Å². The number of hydrogen-bond donors (Lipinski definition) is 1. The molecule has 0 fully saturated rings. The first-order valence-electron chi connectivity index (χ1n) is 7.00. The molecule has 2 aromatic rings. The topological polar surface area (TPSA) is 42.0 Å². The molecule has 0 amide bonds. The number of carbonyl (C=O) groups excluding carboxylic acids is 1. The van der Waals surface area contributed by atoms with Crippen molar-refractivity contribution in [2.45, 2.75) is 32.7 Å². The number of rotatable bonds is 6. The van der Waals surface area contributed by atoms with Gasteiger partial charge < -0.3 is 5.32 Å². The van der Waals surface area contributed by atoms with Gasteiger partial charge >= 0.3 is 0 Å². The number of carbonyl (C=O) groups is 1. The van der Waals surface area contributed by atoms with Gasteiger partial charge in [-0.05, 0) is 49.2 Å². The number of Topliss-reactive ketones (excluding diaryl/α,β-unsaturated/α-hetero) is 1. The van der Waals surface area contributed by atoms with Gasteiger partial charge in [0.05, 0.1) is 6.04 Å². The first-order chi connectivity index (χ1) is 9.70. The zero-order chi connectivity index (χ0) is 14.4. The number of ketones is 1.